The lowest BCUT2D eigenvalue weighted by atomic mass is 9.93. The molecule has 0 radical (unpaired) electrons. The lowest BCUT2D eigenvalue weighted by Crippen LogP contribution is -2.07. The fourth-order valence-corrected chi connectivity index (χ4v) is 11.4. The second-order valence-electron chi connectivity index (χ2n) is 18.2. The number of hydrogen-bond acceptors (Lipinski definition) is 6. The molecule has 0 amide bonds. The van der Waals surface area contributed by atoms with Gasteiger partial charge in [0.2, 0.25) is 5.95 Å². The maximum atomic E-state index is 6.95. The summed E-state index contributed by atoms with van der Waals surface area (Å²) in [5, 5.41) is 15.3. The summed E-state index contributed by atoms with van der Waals surface area (Å²) in [7, 11) is 0. The Bertz CT molecular complexity index is 4780. The molecule has 0 N–H and O–H groups in total. The van der Waals surface area contributed by atoms with Crippen LogP contribution in [0.1, 0.15) is 0 Å². The minimum absolute atomic E-state index is 0.475. The Morgan fingerprint density at radius 1 is 0.314 bits per heavy atom. The van der Waals surface area contributed by atoms with Gasteiger partial charge in [0, 0.05) is 70.7 Å². The van der Waals surface area contributed by atoms with Crippen LogP contribution in [-0.2, 0) is 0 Å². The van der Waals surface area contributed by atoms with E-state index in [1.54, 1.807) is 0 Å². The molecule has 5 aromatic heterocycles. The number of hydrogen-bond donors (Lipinski definition) is 0. The quantitative estimate of drug-likeness (QED) is 0.164. The number of aromatic nitrogens is 4. The van der Waals surface area contributed by atoms with Crippen LogP contribution in [0.5, 0.6) is 0 Å². The Labute approximate surface area is 397 Å². The fraction of sp³-hybridized carbons (Fsp3) is 0. The third kappa shape index (κ3) is 5.20. The number of benzene rings is 11. The molecule has 0 fully saturated rings. The first kappa shape index (κ1) is 37.5. The zero-order valence-corrected chi connectivity index (χ0v) is 37.1. The summed E-state index contributed by atoms with van der Waals surface area (Å²) in [5.74, 6) is 1.49. The van der Waals surface area contributed by atoms with Gasteiger partial charge in [-0.25, -0.2) is 4.98 Å². The Morgan fingerprint density at radius 2 is 0.800 bits per heavy atom. The molecule has 11 aromatic carbocycles. The molecule has 7 nitrogen and oxygen atoms in total. The number of fused-ring (bicyclic) bond motifs is 18. The number of para-hydroxylation sites is 4. The van der Waals surface area contributed by atoms with E-state index in [1.165, 1.54) is 5.39 Å². The Hall–Kier alpha value is -9.59. The largest absolute Gasteiger partial charge is 0.456 e. The van der Waals surface area contributed by atoms with Gasteiger partial charge in [-0.1, -0.05) is 158 Å². The van der Waals surface area contributed by atoms with E-state index in [2.05, 4.69) is 168 Å². The molecule has 7 heteroatoms. The summed E-state index contributed by atoms with van der Waals surface area (Å²) in [6.45, 7) is 0. The van der Waals surface area contributed by atoms with Gasteiger partial charge in [0.1, 0.15) is 33.5 Å². The van der Waals surface area contributed by atoms with Crippen LogP contribution in [0.4, 0.5) is 0 Å². The van der Waals surface area contributed by atoms with Crippen molar-refractivity contribution < 1.29 is 13.3 Å². The van der Waals surface area contributed by atoms with Crippen LogP contribution in [0.2, 0.25) is 0 Å². The Kier molecular flexibility index (Phi) is 7.49. The number of nitrogens with zero attached hydrogens (tertiary/aromatic N) is 4. The van der Waals surface area contributed by atoms with Crippen molar-refractivity contribution in [2.45, 2.75) is 0 Å². The van der Waals surface area contributed by atoms with E-state index in [-0.39, 0.29) is 0 Å². The van der Waals surface area contributed by atoms with Gasteiger partial charge >= 0.3 is 0 Å². The lowest BCUT2D eigenvalue weighted by molar-refractivity contribution is 0.668. The molecular weight excluding hydrogens is 861 g/mol. The molecule has 0 bridgehead atoms. The first-order chi connectivity index (χ1) is 34.7. The molecule has 324 valence electrons. The van der Waals surface area contributed by atoms with Gasteiger partial charge in [-0.05, 0) is 75.5 Å². The van der Waals surface area contributed by atoms with E-state index in [0.717, 1.165) is 137 Å². The summed E-state index contributed by atoms with van der Waals surface area (Å²) in [6, 6.07) is 72.0. The zero-order chi connectivity index (χ0) is 45.6. The zero-order valence-electron chi connectivity index (χ0n) is 37.1. The van der Waals surface area contributed by atoms with Crippen molar-refractivity contribution in [2.75, 3.05) is 0 Å². The van der Waals surface area contributed by atoms with Crippen LogP contribution in [0.3, 0.4) is 0 Å². The highest BCUT2D eigenvalue weighted by Crippen LogP contribution is 2.49. The molecule has 5 heterocycles. The summed E-state index contributed by atoms with van der Waals surface area (Å²) < 4.78 is 22.2. The average Bonchev–Trinajstić information content (AvgIpc) is 4.19. The molecule has 0 aliphatic rings. The predicted molar refractivity (Wildman–Crippen MR) is 285 cm³/mol. The minimum Gasteiger partial charge on any atom is -0.456 e. The third-order valence-corrected chi connectivity index (χ3v) is 14.4. The highest BCUT2D eigenvalue weighted by Gasteiger charge is 2.27. The highest BCUT2D eigenvalue weighted by molar-refractivity contribution is 6.34. The van der Waals surface area contributed by atoms with E-state index < -0.39 is 0 Å². The standard InChI is InChI=1S/C63H34N4O3/c1-2-15-38-35(14-1)32-50-43-20-9-12-27-53(43)70-60(50)57(38)49-24-13-23-48-56-46-21-5-3-16-39(46)40-17-4-6-22-47(40)59(56)67(58(48)49)63-65-61(36-28-30-44-41-18-7-10-25-51(41)68-54(44)33-36)64-62(66-63)37-29-31-45-42-19-8-11-26-52(42)69-55(45)34-37/h1-34H. The van der Waals surface area contributed by atoms with Gasteiger partial charge in [-0.2, -0.15) is 9.97 Å². The Morgan fingerprint density at radius 3 is 1.44 bits per heavy atom. The van der Waals surface area contributed by atoms with Gasteiger partial charge in [0.25, 0.3) is 0 Å². The van der Waals surface area contributed by atoms with Crippen molar-refractivity contribution in [2.24, 2.45) is 0 Å². The van der Waals surface area contributed by atoms with Crippen molar-refractivity contribution in [1.82, 2.24) is 19.5 Å². The molecule has 0 saturated heterocycles. The van der Waals surface area contributed by atoms with Crippen molar-refractivity contribution in [1.29, 1.82) is 0 Å². The van der Waals surface area contributed by atoms with Gasteiger partial charge in [-0.15, -0.1) is 0 Å². The first-order valence-electron chi connectivity index (χ1n) is 23.5. The maximum absolute atomic E-state index is 6.95. The van der Waals surface area contributed by atoms with Crippen LogP contribution in [-0.4, -0.2) is 19.5 Å². The molecule has 0 atom stereocenters. The smallest absolute Gasteiger partial charge is 0.238 e. The molecular formula is C63H34N4O3. The molecule has 16 aromatic rings. The third-order valence-electron chi connectivity index (χ3n) is 14.4. The summed E-state index contributed by atoms with van der Waals surface area (Å²) in [6.07, 6.45) is 0. The second kappa shape index (κ2) is 14.0. The van der Waals surface area contributed by atoms with Crippen LogP contribution in [0.15, 0.2) is 220 Å². The van der Waals surface area contributed by atoms with Crippen LogP contribution in [0.25, 0.3) is 160 Å². The fourth-order valence-electron chi connectivity index (χ4n) is 11.4. The van der Waals surface area contributed by atoms with Crippen LogP contribution < -0.4 is 0 Å². The van der Waals surface area contributed by atoms with E-state index in [9.17, 15) is 0 Å². The van der Waals surface area contributed by atoms with Crippen LogP contribution >= 0.6 is 0 Å². The SMILES string of the molecule is c1ccc2c(-c3cccc4c5c6ccccc6c6ccccc6c5n(-c5nc(-c6ccc7c(c6)oc6ccccc67)nc(-c6ccc7c(c6)oc6ccccc67)n5)c34)c3oc4ccccc4c3cc2c1. The minimum atomic E-state index is 0.475. The van der Waals surface area contributed by atoms with Gasteiger partial charge in [-0.3, -0.25) is 4.57 Å². The van der Waals surface area contributed by atoms with E-state index >= 15 is 0 Å². The highest BCUT2D eigenvalue weighted by atomic mass is 16.3. The average molecular weight is 895 g/mol. The molecule has 0 saturated carbocycles. The number of furan rings is 3. The molecule has 0 unspecified atom stereocenters. The van der Waals surface area contributed by atoms with Crippen molar-refractivity contribution >= 4 is 120 Å². The maximum Gasteiger partial charge on any atom is 0.238 e. The lowest BCUT2D eigenvalue weighted by Gasteiger charge is -2.15. The molecule has 0 spiro atoms. The summed E-state index contributed by atoms with van der Waals surface area (Å²) >= 11 is 0. The summed E-state index contributed by atoms with van der Waals surface area (Å²) in [4.78, 5) is 16.5. The van der Waals surface area contributed by atoms with E-state index in [0.29, 0.717) is 17.6 Å². The topological polar surface area (TPSA) is 83.0 Å². The van der Waals surface area contributed by atoms with E-state index in [4.69, 9.17) is 28.2 Å². The van der Waals surface area contributed by atoms with E-state index in [1.807, 2.05) is 42.5 Å². The number of rotatable bonds is 4. The van der Waals surface area contributed by atoms with Gasteiger partial charge in [0.15, 0.2) is 11.6 Å². The van der Waals surface area contributed by atoms with Crippen LogP contribution in [0, 0.1) is 0 Å². The second-order valence-corrected chi connectivity index (χ2v) is 18.2. The normalized spacial score (nSPS) is 12.3. The Balaban J connectivity index is 1.08. The molecule has 0 aliphatic carbocycles. The van der Waals surface area contributed by atoms with Crippen molar-refractivity contribution in [3.63, 3.8) is 0 Å². The first-order valence-corrected chi connectivity index (χ1v) is 23.5. The summed E-state index contributed by atoms with van der Waals surface area (Å²) in [5.41, 5.74) is 10.4. The molecule has 70 heavy (non-hydrogen) atoms. The monoisotopic (exact) mass is 894 g/mol. The van der Waals surface area contributed by atoms with Gasteiger partial charge in [0.05, 0.1) is 11.0 Å². The molecule has 16 rings (SSSR count). The van der Waals surface area contributed by atoms with Crippen molar-refractivity contribution in [3.05, 3.63) is 206 Å². The van der Waals surface area contributed by atoms with Gasteiger partial charge < -0.3 is 13.3 Å². The molecule has 0 aliphatic heterocycles. The predicted octanol–water partition coefficient (Wildman–Crippen LogP) is 17.1. The van der Waals surface area contributed by atoms with Crippen molar-refractivity contribution in [3.8, 4) is 39.9 Å².